The molecule has 0 atom stereocenters. The normalized spacial score (nSPS) is 13.0. The lowest BCUT2D eigenvalue weighted by atomic mass is 10.00. The van der Waals surface area contributed by atoms with E-state index in [1.54, 1.807) is 30.6 Å². The van der Waals surface area contributed by atoms with E-state index >= 15 is 0 Å². The number of nitrogens with zero attached hydrogens (tertiary/aromatic N) is 1. The van der Waals surface area contributed by atoms with Gasteiger partial charge in [0.15, 0.2) is 11.5 Å². The van der Waals surface area contributed by atoms with E-state index in [1.165, 1.54) is 90.6 Å². The van der Waals surface area contributed by atoms with Gasteiger partial charge in [0.1, 0.15) is 5.82 Å². The molecule has 1 aromatic heterocycles. The van der Waals surface area contributed by atoms with E-state index in [-0.39, 0.29) is 29.9 Å². The Morgan fingerprint density at radius 2 is 1.45 bits per heavy atom. The third-order valence-corrected chi connectivity index (χ3v) is 9.50. The molecule has 0 unspecified atom stereocenters. The number of hydrogen-bond donors (Lipinski definition) is 1. The summed E-state index contributed by atoms with van der Waals surface area (Å²) < 4.78 is 31.6. The van der Waals surface area contributed by atoms with E-state index in [0.29, 0.717) is 30.0 Å². The molecule has 274 valence electrons. The number of halogens is 1. The standard InChI is InChI=1S/C43H55FN2O5/c1-5-6-7-8-9-10-11-12-13-14-15-16-17-20-42(48)51-43-39(49-3)25-33(26-40(43)50-4)24-36-31(2)37(38-27-34(44)21-22-35(36)38)28-41(47)46-30-32-19-18-23-45-29-32/h18-19,21-27,29H,5-17,20,28,30H2,1-4H3,(H,46,47). The second-order valence-corrected chi connectivity index (χ2v) is 13.4. The summed E-state index contributed by atoms with van der Waals surface area (Å²) in [4.78, 5) is 30.0. The van der Waals surface area contributed by atoms with Crippen LogP contribution in [0.25, 0.3) is 17.2 Å². The highest BCUT2D eigenvalue weighted by atomic mass is 19.1. The highest BCUT2D eigenvalue weighted by Crippen LogP contribution is 2.45. The van der Waals surface area contributed by atoms with Gasteiger partial charge < -0.3 is 19.5 Å². The van der Waals surface area contributed by atoms with Crippen LogP contribution in [0.2, 0.25) is 0 Å². The Morgan fingerprint density at radius 3 is 2.04 bits per heavy atom. The van der Waals surface area contributed by atoms with Gasteiger partial charge in [0.2, 0.25) is 11.7 Å². The van der Waals surface area contributed by atoms with Crippen LogP contribution >= 0.6 is 0 Å². The number of benzene rings is 2. The number of ether oxygens (including phenoxy) is 3. The monoisotopic (exact) mass is 698 g/mol. The van der Waals surface area contributed by atoms with Crippen molar-refractivity contribution in [1.82, 2.24) is 10.3 Å². The largest absolute Gasteiger partial charge is 0.493 e. The van der Waals surface area contributed by atoms with Crippen molar-refractivity contribution in [3.63, 3.8) is 0 Å². The van der Waals surface area contributed by atoms with Crippen LogP contribution in [0.5, 0.6) is 17.2 Å². The molecule has 4 rings (SSSR count). The first kappa shape index (κ1) is 39.3. The van der Waals surface area contributed by atoms with Gasteiger partial charge in [-0.2, -0.15) is 0 Å². The quantitative estimate of drug-likeness (QED) is 0.0638. The number of amides is 1. The Labute approximate surface area is 303 Å². The lowest BCUT2D eigenvalue weighted by molar-refractivity contribution is -0.134. The Morgan fingerprint density at radius 1 is 0.824 bits per heavy atom. The fourth-order valence-electron chi connectivity index (χ4n) is 6.61. The molecule has 0 bridgehead atoms. The summed E-state index contributed by atoms with van der Waals surface area (Å²) in [5, 5.41) is 2.94. The number of unbranched alkanes of at least 4 members (excludes halogenated alkanes) is 12. The van der Waals surface area contributed by atoms with Crippen LogP contribution in [-0.2, 0) is 16.1 Å². The average molecular weight is 699 g/mol. The summed E-state index contributed by atoms with van der Waals surface area (Å²) in [5.41, 5.74) is 5.65. The van der Waals surface area contributed by atoms with Crippen LogP contribution in [-0.4, -0.2) is 31.1 Å². The molecule has 0 fully saturated rings. The molecule has 1 aliphatic rings. The Balaban J connectivity index is 1.35. The van der Waals surface area contributed by atoms with Crippen LogP contribution in [0, 0.1) is 5.82 Å². The Kier molecular flexibility index (Phi) is 16.2. The van der Waals surface area contributed by atoms with E-state index in [9.17, 15) is 14.0 Å². The van der Waals surface area contributed by atoms with Crippen molar-refractivity contribution in [3.8, 4) is 17.2 Å². The van der Waals surface area contributed by atoms with Crippen molar-refractivity contribution in [2.75, 3.05) is 14.2 Å². The summed E-state index contributed by atoms with van der Waals surface area (Å²) in [5.74, 6) is 0.122. The lowest BCUT2D eigenvalue weighted by Gasteiger charge is -2.15. The molecular formula is C43H55FN2O5. The molecule has 1 amide bonds. The number of rotatable bonds is 22. The zero-order valence-corrected chi connectivity index (χ0v) is 31.0. The predicted octanol–water partition coefficient (Wildman–Crippen LogP) is 10.7. The third kappa shape index (κ3) is 12.1. The fourth-order valence-corrected chi connectivity index (χ4v) is 6.61. The first-order chi connectivity index (χ1) is 24.8. The molecule has 51 heavy (non-hydrogen) atoms. The van der Waals surface area contributed by atoms with Crippen molar-refractivity contribution < 1.29 is 28.2 Å². The van der Waals surface area contributed by atoms with Gasteiger partial charge in [0.25, 0.3) is 0 Å². The Bertz CT molecular complexity index is 1620. The second kappa shape index (κ2) is 21.0. The van der Waals surface area contributed by atoms with Gasteiger partial charge in [-0.1, -0.05) is 96.1 Å². The molecule has 1 aliphatic carbocycles. The maximum atomic E-state index is 14.5. The average Bonchev–Trinajstić information content (AvgIpc) is 3.38. The molecule has 0 radical (unpaired) electrons. The van der Waals surface area contributed by atoms with Crippen LogP contribution < -0.4 is 19.5 Å². The van der Waals surface area contributed by atoms with Crippen molar-refractivity contribution in [1.29, 1.82) is 0 Å². The van der Waals surface area contributed by atoms with Gasteiger partial charge in [-0.15, -0.1) is 0 Å². The van der Waals surface area contributed by atoms with Gasteiger partial charge >= 0.3 is 5.97 Å². The number of aromatic nitrogens is 1. The van der Waals surface area contributed by atoms with Crippen LogP contribution in [0.1, 0.15) is 132 Å². The zero-order valence-electron chi connectivity index (χ0n) is 31.0. The summed E-state index contributed by atoms with van der Waals surface area (Å²) in [6.07, 6.45) is 21.9. The molecule has 0 spiro atoms. The number of hydrogen-bond acceptors (Lipinski definition) is 6. The number of nitrogens with one attached hydrogen (secondary N) is 1. The van der Waals surface area contributed by atoms with Crippen LogP contribution in [0.3, 0.4) is 0 Å². The summed E-state index contributed by atoms with van der Waals surface area (Å²) in [7, 11) is 3.05. The smallest absolute Gasteiger partial charge is 0.311 e. The van der Waals surface area contributed by atoms with Gasteiger partial charge in [-0.05, 0) is 88.7 Å². The SMILES string of the molecule is CCCCCCCCCCCCCCCC(=O)Oc1c(OC)cc(C=C2C(C)=C(CC(=O)NCc3cccnc3)c3cc(F)ccc32)cc1OC. The number of methoxy groups -OCH3 is 2. The minimum absolute atomic E-state index is 0.0979. The molecule has 0 saturated heterocycles. The first-order valence-electron chi connectivity index (χ1n) is 18.7. The number of fused-ring (bicyclic) bond motifs is 1. The number of carbonyl (C=O) groups excluding carboxylic acids is 2. The molecular weight excluding hydrogens is 643 g/mol. The van der Waals surface area contributed by atoms with E-state index in [4.69, 9.17) is 14.2 Å². The third-order valence-electron chi connectivity index (χ3n) is 9.50. The van der Waals surface area contributed by atoms with Gasteiger partial charge in [-0.3, -0.25) is 14.6 Å². The van der Waals surface area contributed by atoms with Gasteiger partial charge in [0.05, 0.1) is 20.6 Å². The van der Waals surface area contributed by atoms with E-state index < -0.39 is 0 Å². The summed E-state index contributed by atoms with van der Waals surface area (Å²) in [6.45, 7) is 4.55. The molecule has 2 aromatic carbocycles. The first-order valence-corrected chi connectivity index (χ1v) is 18.7. The zero-order chi connectivity index (χ0) is 36.4. The minimum atomic E-state index is -0.371. The maximum Gasteiger partial charge on any atom is 0.311 e. The van der Waals surface area contributed by atoms with E-state index in [1.807, 2.05) is 25.1 Å². The van der Waals surface area contributed by atoms with Crippen LogP contribution in [0.15, 0.2) is 60.4 Å². The number of esters is 1. The molecule has 3 aromatic rings. The van der Waals surface area contributed by atoms with Crippen molar-refractivity contribution >= 4 is 29.1 Å². The maximum absolute atomic E-state index is 14.5. The highest BCUT2D eigenvalue weighted by molar-refractivity contribution is 6.08. The fraction of sp³-hybridized carbons (Fsp3) is 0.465. The lowest BCUT2D eigenvalue weighted by Crippen LogP contribution is -2.22. The summed E-state index contributed by atoms with van der Waals surface area (Å²) in [6, 6.07) is 11.9. The van der Waals surface area contributed by atoms with Crippen molar-refractivity contribution in [3.05, 3.63) is 88.5 Å². The van der Waals surface area contributed by atoms with Gasteiger partial charge in [-0.25, -0.2) is 4.39 Å². The minimum Gasteiger partial charge on any atom is -0.493 e. The number of carbonyl (C=O) groups is 2. The van der Waals surface area contributed by atoms with E-state index in [2.05, 4.69) is 17.2 Å². The van der Waals surface area contributed by atoms with Crippen molar-refractivity contribution in [2.45, 2.75) is 117 Å². The molecule has 8 heteroatoms. The molecule has 0 saturated carbocycles. The molecule has 7 nitrogen and oxygen atoms in total. The van der Waals surface area contributed by atoms with E-state index in [0.717, 1.165) is 52.7 Å². The Hall–Kier alpha value is -4.46. The molecule has 1 heterocycles. The second-order valence-electron chi connectivity index (χ2n) is 13.4. The predicted molar refractivity (Wildman–Crippen MR) is 203 cm³/mol. The molecule has 0 aliphatic heterocycles. The number of allylic oxidation sites excluding steroid dienone is 2. The van der Waals surface area contributed by atoms with Crippen LogP contribution in [0.4, 0.5) is 4.39 Å². The number of pyridine rings is 1. The van der Waals surface area contributed by atoms with Crippen molar-refractivity contribution in [2.24, 2.45) is 0 Å². The summed E-state index contributed by atoms with van der Waals surface area (Å²) >= 11 is 0. The highest BCUT2D eigenvalue weighted by Gasteiger charge is 2.26. The topological polar surface area (TPSA) is 86.8 Å². The van der Waals surface area contributed by atoms with Gasteiger partial charge in [0, 0.05) is 25.4 Å². The molecule has 1 N–H and O–H groups in total.